The smallest absolute Gasteiger partial charge is 0.222 e. The zero-order valence-electron chi connectivity index (χ0n) is 14.0. The van der Waals surface area contributed by atoms with Crippen LogP contribution in [0.3, 0.4) is 0 Å². The third-order valence-electron chi connectivity index (χ3n) is 5.22. The third kappa shape index (κ3) is 3.08. The van der Waals surface area contributed by atoms with Gasteiger partial charge in [0, 0.05) is 24.1 Å². The van der Waals surface area contributed by atoms with Gasteiger partial charge in [-0.2, -0.15) is 4.98 Å². The van der Waals surface area contributed by atoms with Gasteiger partial charge < -0.3 is 16.4 Å². The molecule has 4 N–H and O–H groups in total. The molecule has 2 unspecified atom stereocenters. The topological polar surface area (TPSA) is 75.9 Å². The summed E-state index contributed by atoms with van der Waals surface area (Å²) in [6.45, 7) is 2.08. The molecule has 1 saturated heterocycles. The quantitative estimate of drug-likeness (QED) is 0.789. The van der Waals surface area contributed by atoms with Crippen LogP contribution in [0.25, 0.3) is 0 Å². The van der Waals surface area contributed by atoms with Crippen LogP contribution < -0.4 is 16.4 Å². The molecule has 2 heterocycles. The lowest BCUT2D eigenvalue weighted by Gasteiger charge is -2.29. The second-order valence-corrected chi connectivity index (χ2v) is 6.80. The molecule has 1 aliphatic carbocycles. The van der Waals surface area contributed by atoms with Gasteiger partial charge >= 0.3 is 0 Å². The van der Waals surface area contributed by atoms with Crippen molar-refractivity contribution in [3.8, 4) is 0 Å². The molecule has 126 valence electrons. The Balaban J connectivity index is 1.58. The monoisotopic (exact) mass is 323 g/mol. The van der Waals surface area contributed by atoms with Gasteiger partial charge in [-0.3, -0.25) is 0 Å². The first-order chi connectivity index (χ1) is 11.8. The Morgan fingerprint density at radius 3 is 2.75 bits per heavy atom. The minimum atomic E-state index is 0.328. The fourth-order valence-corrected chi connectivity index (χ4v) is 3.79. The number of aromatic nitrogens is 2. The van der Waals surface area contributed by atoms with Gasteiger partial charge in [-0.05, 0) is 44.2 Å². The summed E-state index contributed by atoms with van der Waals surface area (Å²) in [6, 6.07) is 11.3. The van der Waals surface area contributed by atoms with Crippen LogP contribution >= 0.6 is 0 Å². The molecule has 1 aromatic carbocycles. The first-order valence-corrected chi connectivity index (χ1v) is 9.00. The van der Waals surface area contributed by atoms with Gasteiger partial charge in [-0.15, -0.1) is 0 Å². The average molecular weight is 323 g/mol. The second kappa shape index (κ2) is 6.77. The molecule has 0 bridgehead atoms. The van der Waals surface area contributed by atoms with Crippen LogP contribution in [0.15, 0.2) is 30.3 Å². The van der Waals surface area contributed by atoms with E-state index in [4.69, 9.17) is 5.73 Å². The molecule has 0 saturated carbocycles. The number of fused-ring (bicyclic) bond motifs is 1. The van der Waals surface area contributed by atoms with Crippen LogP contribution in [0, 0.1) is 0 Å². The molecule has 4 rings (SSSR count). The van der Waals surface area contributed by atoms with Crippen molar-refractivity contribution in [3.63, 3.8) is 0 Å². The normalized spacial score (nSPS) is 22.5. The molecular weight excluding hydrogens is 298 g/mol. The molecule has 5 nitrogen and oxygen atoms in total. The van der Waals surface area contributed by atoms with E-state index in [1.165, 1.54) is 24.0 Å². The highest BCUT2D eigenvalue weighted by molar-refractivity contribution is 5.53. The number of benzene rings is 1. The van der Waals surface area contributed by atoms with E-state index >= 15 is 0 Å². The van der Waals surface area contributed by atoms with Crippen molar-refractivity contribution in [1.29, 1.82) is 0 Å². The van der Waals surface area contributed by atoms with Gasteiger partial charge in [0.1, 0.15) is 5.82 Å². The molecule has 0 radical (unpaired) electrons. The maximum Gasteiger partial charge on any atom is 0.222 e. The number of nitrogens with zero attached hydrogens (tertiary/aromatic N) is 2. The van der Waals surface area contributed by atoms with Crippen molar-refractivity contribution < 1.29 is 0 Å². The Morgan fingerprint density at radius 1 is 1.17 bits per heavy atom. The number of rotatable bonds is 5. The molecule has 1 aliphatic heterocycles. The van der Waals surface area contributed by atoms with Crippen LogP contribution in [-0.2, 0) is 6.42 Å². The lowest BCUT2D eigenvalue weighted by atomic mass is 9.82. The Bertz CT molecular complexity index is 696. The van der Waals surface area contributed by atoms with Crippen molar-refractivity contribution in [2.45, 2.75) is 44.1 Å². The number of nitrogens with two attached hydrogens (primary N) is 1. The molecule has 0 amide bonds. The average Bonchev–Trinajstić information content (AvgIpc) is 2.57. The maximum atomic E-state index is 6.02. The summed E-state index contributed by atoms with van der Waals surface area (Å²) in [6.07, 6.45) is 5.73. The van der Waals surface area contributed by atoms with E-state index in [9.17, 15) is 0 Å². The maximum absolute atomic E-state index is 6.02. The molecule has 24 heavy (non-hydrogen) atoms. The second-order valence-electron chi connectivity index (χ2n) is 6.80. The number of hydrogen-bond acceptors (Lipinski definition) is 5. The molecule has 2 aromatic rings. The molecule has 2 atom stereocenters. The SMILES string of the molecule is Nc1nc(NCCC2CCN2)c2c(n1)C(c1ccccc1)CCC2. The van der Waals surface area contributed by atoms with E-state index in [1.54, 1.807) is 0 Å². The predicted molar refractivity (Wildman–Crippen MR) is 97.2 cm³/mol. The van der Waals surface area contributed by atoms with E-state index in [0.717, 1.165) is 43.9 Å². The summed E-state index contributed by atoms with van der Waals surface area (Å²) in [4.78, 5) is 9.11. The van der Waals surface area contributed by atoms with Gasteiger partial charge in [0.15, 0.2) is 0 Å². The van der Waals surface area contributed by atoms with Crippen LogP contribution in [0.2, 0.25) is 0 Å². The van der Waals surface area contributed by atoms with Crippen LogP contribution in [0.5, 0.6) is 0 Å². The minimum absolute atomic E-state index is 0.328. The van der Waals surface area contributed by atoms with Crippen molar-refractivity contribution in [1.82, 2.24) is 15.3 Å². The number of hydrogen-bond donors (Lipinski definition) is 3. The highest BCUT2D eigenvalue weighted by atomic mass is 15.1. The van der Waals surface area contributed by atoms with Crippen molar-refractivity contribution >= 4 is 11.8 Å². The molecule has 0 spiro atoms. The minimum Gasteiger partial charge on any atom is -0.370 e. The molecule has 2 aliphatic rings. The van der Waals surface area contributed by atoms with Crippen molar-refractivity contribution in [2.24, 2.45) is 0 Å². The predicted octanol–water partition coefficient (Wildman–Crippen LogP) is 2.69. The zero-order valence-corrected chi connectivity index (χ0v) is 14.0. The van der Waals surface area contributed by atoms with E-state index in [1.807, 2.05) is 0 Å². The summed E-state index contributed by atoms with van der Waals surface area (Å²) < 4.78 is 0. The van der Waals surface area contributed by atoms with Gasteiger partial charge in [0.05, 0.1) is 5.69 Å². The Labute approximate surface area is 143 Å². The van der Waals surface area contributed by atoms with Crippen molar-refractivity contribution in [3.05, 3.63) is 47.2 Å². The summed E-state index contributed by atoms with van der Waals surface area (Å²) in [5, 5.41) is 6.95. The Kier molecular flexibility index (Phi) is 4.34. The van der Waals surface area contributed by atoms with Crippen LogP contribution in [0.1, 0.15) is 48.4 Å². The van der Waals surface area contributed by atoms with Gasteiger partial charge in [-0.25, -0.2) is 4.98 Å². The third-order valence-corrected chi connectivity index (χ3v) is 5.22. The Hall–Kier alpha value is -2.14. The summed E-state index contributed by atoms with van der Waals surface area (Å²) >= 11 is 0. The lowest BCUT2D eigenvalue weighted by molar-refractivity contribution is 0.357. The van der Waals surface area contributed by atoms with E-state index in [0.29, 0.717) is 17.9 Å². The standard InChI is InChI=1S/C19H25N5/c20-19-23-17-15(13-5-2-1-3-6-13)7-4-8-16(17)18(24-19)22-12-10-14-9-11-21-14/h1-3,5-6,14-15,21H,4,7-12H2,(H3,20,22,23,24). The van der Waals surface area contributed by atoms with E-state index in [-0.39, 0.29) is 0 Å². The highest BCUT2D eigenvalue weighted by Crippen LogP contribution is 2.38. The van der Waals surface area contributed by atoms with Crippen molar-refractivity contribution in [2.75, 3.05) is 24.1 Å². The van der Waals surface area contributed by atoms with Crippen LogP contribution in [0.4, 0.5) is 11.8 Å². The summed E-state index contributed by atoms with van der Waals surface area (Å²) in [5.74, 6) is 1.65. The number of anilines is 2. The van der Waals surface area contributed by atoms with Gasteiger partial charge in [0.25, 0.3) is 0 Å². The first-order valence-electron chi connectivity index (χ1n) is 9.00. The largest absolute Gasteiger partial charge is 0.370 e. The number of nitrogen functional groups attached to an aromatic ring is 1. The van der Waals surface area contributed by atoms with Crippen LogP contribution in [-0.4, -0.2) is 29.1 Å². The zero-order chi connectivity index (χ0) is 16.4. The first kappa shape index (κ1) is 15.4. The fraction of sp³-hybridized carbons (Fsp3) is 0.474. The summed E-state index contributed by atoms with van der Waals surface area (Å²) in [5.41, 5.74) is 9.71. The molecular formula is C19H25N5. The molecule has 5 heteroatoms. The number of nitrogens with one attached hydrogen (secondary N) is 2. The Morgan fingerprint density at radius 2 is 2.00 bits per heavy atom. The highest BCUT2D eigenvalue weighted by Gasteiger charge is 2.27. The van der Waals surface area contributed by atoms with Gasteiger partial charge in [-0.1, -0.05) is 30.3 Å². The van der Waals surface area contributed by atoms with E-state index < -0.39 is 0 Å². The fourth-order valence-electron chi connectivity index (χ4n) is 3.79. The molecule has 1 aromatic heterocycles. The van der Waals surface area contributed by atoms with E-state index in [2.05, 4.69) is 50.9 Å². The lowest BCUT2D eigenvalue weighted by Crippen LogP contribution is -2.43. The summed E-state index contributed by atoms with van der Waals surface area (Å²) in [7, 11) is 0. The molecule has 1 fully saturated rings. The van der Waals surface area contributed by atoms with Gasteiger partial charge in [0.2, 0.25) is 5.95 Å².